The van der Waals surface area contributed by atoms with E-state index >= 15 is 0 Å². The van der Waals surface area contributed by atoms with Crippen LogP contribution in [0.5, 0.6) is 0 Å². The van der Waals surface area contributed by atoms with Gasteiger partial charge >= 0.3 is 5.97 Å². The summed E-state index contributed by atoms with van der Waals surface area (Å²) in [5, 5.41) is 3.04. The maximum atomic E-state index is 11.3. The second kappa shape index (κ2) is 5.58. The molecule has 0 fully saturated rings. The third-order valence-electron chi connectivity index (χ3n) is 2.97. The SMILES string of the molecule is COC(=O)CNc1c(-c2ccccn2)nc2cnccn12. The molecule has 0 spiro atoms. The summed E-state index contributed by atoms with van der Waals surface area (Å²) in [6.07, 6.45) is 6.77. The number of esters is 1. The first-order valence-corrected chi connectivity index (χ1v) is 6.34. The Labute approximate surface area is 120 Å². The molecule has 3 heterocycles. The Morgan fingerprint density at radius 3 is 3.05 bits per heavy atom. The van der Waals surface area contributed by atoms with Crippen LogP contribution in [0, 0.1) is 0 Å². The zero-order chi connectivity index (χ0) is 14.7. The lowest BCUT2D eigenvalue weighted by Crippen LogP contribution is -2.16. The predicted molar refractivity (Wildman–Crippen MR) is 76.7 cm³/mol. The van der Waals surface area contributed by atoms with E-state index in [1.54, 1.807) is 24.8 Å². The Hall–Kier alpha value is -2.96. The molecule has 7 nitrogen and oxygen atoms in total. The van der Waals surface area contributed by atoms with E-state index in [-0.39, 0.29) is 12.5 Å². The molecule has 3 rings (SSSR count). The van der Waals surface area contributed by atoms with Crippen LogP contribution in [0.25, 0.3) is 17.0 Å². The number of fused-ring (bicyclic) bond motifs is 1. The Bertz CT molecular complexity index is 769. The first-order chi connectivity index (χ1) is 10.3. The van der Waals surface area contributed by atoms with Crippen molar-refractivity contribution in [3.63, 3.8) is 0 Å². The first kappa shape index (κ1) is 13.0. The maximum absolute atomic E-state index is 11.3. The van der Waals surface area contributed by atoms with Crippen LogP contribution in [-0.2, 0) is 9.53 Å². The van der Waals surface area contributed by atoms with E-state index in [0.29, 0.717) is 22.9 Å². The van der Waals surface area contributed by atoms with Crippen LogP contribution < -0.4 is 5.32 Å². The largest absolute Gasteiger partial charge is 0.468 e. The molecule has 0 unspecified atom stereocenters. The van der Waals surface area contributed by atoms with Gasteiger partial charge in [-0.1, -0.05) is 6.07 Å². The van der Waals surface area contributed by atoms with Gasteiger partial charge in [-0.3, -0.25) is 19.2 Å². The molecule has 1 N–H and O–H groups in total. The van der Waals surface area contributed by atoms with Gasteiger partial charge in [-0.2, -0.15) is 0 Å². The number of aromatic nitrogens is 4. The molecule has 0 bridgehead atoms. The number of methoxy groups -OCH3 is 1. The minimum absolute atomic E-state index is 0.0481. The van der Waals surface area contributed by atoms with Crippen LogP contribution in [0.2, 0.25) is 0 Å². The maximum Gasteiger partial charge on any atom is 0.325 e. The molecule has 0 aliphatic carbocycles. The second-order valence-electron chi connectivity index (χ2n) is 4.26. The Morgan fingerprint density at radius 2 is 2.29 bits per heavy atom. The van der Waals surface area contributed by atoms with Crippen molar-refractivity contribution in [2.24, 2.45) is 0 Å². The summed E-state index contributed by atoms with van der Waals surface area (Å²) in [4.78, 5) is 24.2. The van der Waals surface area contributed by atoms with Gasteiger partial charge in [0, 0.05) is 18.6 Å². The fraction of sp³-hybridized carbons (Fsp3) is 0.143. The third-order valence-corrected chi connectivity index (χ3v) is 2.97. The number of ether oxygens (including phenoxy) is 1. The van der Waals surface area contributed by atoms with Gasteiger partial charge in [-0.15, -0.1) is 0 Å². The van der Waals surface area contributed by atoms with Crippen molar-refractivity contribution in [1.29, 1.82) is 0 Å². The number of pyridine rings is 1. The molecule has 0 aliphatic rings. The highest BCUT2D eigenvalue weighted by Gasteiger charge is 2.15. The van der Waals surface area contributed by atoms with Crippen molar-refractivity contribution in [2.75, 3.05) is 19.0 Å². The molecule has 0 aromatic carbocycles. The van der Waals surface area contributed by atoms with Gasteiger partial charge in [0.2, 0.25) is 0 Å². The van der Waals surface area contributed by atoms with Crippen molar-refractivity contribution in [3.8, 4) is 11.4 Å². The predicted octanol–water partition coefficient (Wildman–Crippen LogP) is 1.38. The summed E-state index contributed by atoms with van der Waals surface area (Å²) in [6, 6.07) is 5.58. The number of hydrogen-bond donors (Lipinski definition) is 1. The number of carbonyl (C=O) groups is 1. The minimum Gasteiger partial charge on any atom is -0.468 e. The average Bonchev–Trinajstić information content (AvgIpc) is 2.92. The van der Waals surface area contributed by atoms with Crippen molar-refractivity contribution >= 4 is 17.4 Å². The monoisotopic (exact) mass is 283 g/mol. The lowest BCUT2D eigenvalue weighted by molar-refractivity contribution is -0.138. The summed E-state index contributed by atoms with van der Waals surface area (Å²) in [6.45, 7) is 0.0481. The Kier molecular flexibility index (Phi) is 3.46. The minimum atomic E-state index is -0.356. The van der Waals surface area contributed by atoms with Gasteiger partial charge in [0.05, 0.1) is 19.0 Å². The van der Waals surface area contributed by atoms with E-state index < -0.39 is 0 Å². The number of carbonyl (C=O) groups excluding carboxylic acids is 1. The first-order valence-electron chi connectivity index (χ1n) is 6.34. The van der Waals surface area contributed by atoms with Gasteiger partial charge < -0.3 is 10.1 Å². The molecule has 106 valence electrons. The van der Waals surface area contributed by atoms with Crippen LogP contribution in [0.4, 0.5) is 5.82 Å². The molecule has 3 aromatic rings. The molecular weight excluding hydrogens is 270 g/mol. The molecule has 0 saturated heterocycles. The smallest absolute Gasteiger partial charge is 0.325 e. The lowest BCUT2D eigenvalue weighted by atomic mass is 10.2. The Balaban J connectivity index is 2.08. The van der Waals surface area contributed by atoms with Crippen molar-refractivity contribution in [1.82, 2.24) is 19.4 Å². The molecule has 21 heavy (non-hydrogen) atoms. The molecule has 0 radical (unpaired) electrons. The lowest BCUT2D eigenvalue weighted by Gasteiger charge is -2.07. The topological polar surface area (TPSA) is 81.4 Å². The highest BCUT2D eigenvalue weighted by Crippen LogP contribution is 2.26. The highest BCUT2D eigenvalue weighted by molar-refractivity contribution is 5.79. The quantitative estimate of drug-likeness (QED) is 0.728. The van der Waals surface area contributed by atoms with Crippen molar-refractivity contribution < 1.29 is 9.53 Å². The van der Waals surface area contributed by atoms with Crippen LogP contribution in [0.15, 0.2) is 43.0 Å². The van der Waals surface area contributed by atoms with Gasteiger partial charge in [0.15, 0.2) is 5.65 Å². The molecular formula is C14H13N5O2. The zero-order valence-corrected chi connectivity index (χ0v) is 11.4. The van der Waals surface area contributed by atoms with Gasteiger partial charge in [0.1, 0.15) is 18.1 Å². The van der Waals surface area contributed by atoms with E-state index in [2.05, 4.69) is 25.0 Å². The fourth-order valence-electron chi connectivity index (χ4n) is 1.99. The molecule has 3 aromatic heterocycles. The molecule has 0 saturated carbocycles. The highest BCUT2D eigenvalue weighted by atomic mass is 16.5. The van der Waals surface area contributed by atoms with Crippen LogP contribution >= 0.6 is 0 Å². The molecule has 0 aliphatic heterocycles. The fourth-order valence-corrected chi connectivity index (χ4v) is 1.99. The van der Waals surface area contributed by atoms with E-state index in [1.807, 2.05) is 22.6 Å². The number of anilines is 1. The Morgan fingerprint density at radius 1 is 1.38 bits per heavy atom. The summed E-state index contributed by atoms with van der Waals surface area (Å²) in [5.74, 6) is 0.322. The summed E-state index contributed by atoms with van der Waals surface area (Å²) < 4.78 is 6.47. The standard InChI is InChI=1S/C14H13N5O2/c1-21-12(20)9-17-14-13(10-4-2-3-5-16-10)18-11-8-15-6-7-19(11)14/h2-8,17H,9H2,1H3. The second-order valence-corrected chi connectivity index (χ2v) is 4.26. The average molecular weight is 283 g/mol. The van der Waals surface area contributed by atoms with E-state index in [4.69, 9.17) is 0 Å². The number of imidazole rings is 1. The summed E-state index contributed by atoms with van der Waals surface area (Å²) in [5.41, 5.74) is 2.05. The number of rotatable bonds is 4. The normalized spacial score (nSPS) is 10.5. The van der Waals surface area contributed by atoms with Crippen LogP contribution in [0.1, 0.15) is 0 Å². The summed E-state index contributed by atoms with van der Waals surface area (Å²) in [7, 11) is 1.35. The van der Waals surface area contributed by atoms with E-state index in [9.17, 15) is 4.79 Å². The van der Waals surface area contributed by atoms with E-state index in [0.717, 1.165) is 0 Å². The van der Waals surface area contributed by atoms with Gasteiger partial charge in [-0.25, -0.2) is 4.98 Å². The number of hydrogen-bond acceptors (Lipinski definition) is 6. The van der Waals surface area contributed by atoms with Crippen LogP contribution in [0.3, 0.4) is 0 Å². The van der Waals surface area contributed by atoms with Crippen molar-refractivity contribution in [2.45, 2.75) is 0 Å². The number of nitrogens with one attached hydrogen (secondary N) is 1. The third kappa shape index (κ3) is 2.53. The van der Waals surface area contributed by atoms with Gasteiger partial charge in [-0.05, 0) is 12.1 Å². The number of nitrogens with zero attached hydrogens (tertiary/aromatic N) is 4. The van der Waals surface area contributed by atoms with Crippen molar-refractivity contribution in [3.05, 3.63) is 43.0 Å². The summed E-state index contributed by atoms with van der Waals surface area (Å²) >= 11 is 0. The molecule has 0 amide bonds. The van der Waals surface area contributed by atoms with E-state index in [1.165, 1.54) is 7.11 Å². The van der Waals surface area contributed by atoms with Gasteiger partial charge in [0.25, 0.3) is 0 Å². The van der Waals surface area contributed by atoms with Crippen LogP contribution in [-0.4, -0.2) is 39.0 Å². The molecule has 7 heteroatoms. The molecule has 0 atom stereocenters. The zero-order valence-electron chi connectivity index (χ0n) is 11.4.